The van der Waals surface area contributed by atoms with E-state index in [0.717, 1.165) is 21.7 Å². The molecule has 1 heterocycles. The van der Waals surface area contributed by atoms with Gasteiger partial charge in [-0.25, -0.2) is 12.8 Å². The highest BCUT2D eigenvalue weighted by atomic mass is 32.2. The molecule has 0 spiro atoms. The average molecular weight is 448 g/mol. The van der Waals surface area contributed by atoms with Crippen molar-refractivity contribution in [2.75, 3.05) is 19.3 Å². The average Bonchev–Trinajstić information content (AvgIpc) is 2.70. The summed E-state index contributed by atoms with van der Waals surface area (Å²) in [5, 5.41) is 2.83. The molecular formula is C22H26FN3O4S. The Morgan fingerprint density at radius 3 is 2.26 bits per heavy atom. The van der Waals surface area contributed by atoms with Crippen LogP contribution in [0.5, 0.6) is 0 Å². The molecule has 2 amide bonds. The molecule has 7 nitrogen and oxygen atoms in total. The van der Waals surface area contributed by atoms with Gasteiger partial charge in [0.1, 0.15) is 11.4 Å². The van der Waals surface area contributed by atoms with Crippen molar-refractivity contribution in [2.24, 2.45) is 0 Å². The zero-order valence-corrected chi connectivity index (χ0v) is 18.6. The molecule has 1 aliphatic rings. The van der Waals surface area contributed by atoms with Crippen molar-refractivity contribution in [3.63, 3.8) is 0 Å². The summed E-state index contributed by atoms with van der Waals surface area (Å²) in [5.74, 6) is -1.36. The maximum absolute atomic E-state index is 13.3. The molecule has 0 aliphatic carbocycles. The van der Waals surface area contributed by atoms with Gasteiger partial charge >= 0.3 is 0 Å². The minimum Gasteiger partial charge on any atom is -0.350 e. The fraction of sp³-hybridized carbons (Fsp3) is 0.364. The Balaban J connectivity index is 1.87. The van der Waals surface area contributed by atoms with Crippen LogP contribution in [-0.4, -0.2) is 54.3 Å². The van der Waals surface area contributed by atoms with Crippen molar-refractivity contribution in [1.82, 2.24) is 14.5 Å². The molecule has 1 aliphatic heterocycles. The second kappa shape index (κ2) is 8.76. The molecule has 1 unspecified atom stereocenters. The van der Waals surface area contributed by atoms with Crippen LogP contribution in [0.15, 0.2) is 48.5 Å². The number of carbonyl (C=O) groups excluding carboxylic acids is 2. The molecule has 0 aromatic heterocycles. The first-order valence-corrected chi connectivity index (χ1v) is 11.7. The Hall–Kier alpha value is -2.78. The number of sulfonamides is 1. The number of piperazine rings is 1. The van der Waals surface area contributed by atoms with E-state index < -0.39 is 33.2 Å². The predicted octanol–water partition coefficient (Wildman–Crippen LogP) is 1.81. The van der Waals surface area contributed by atoms with Gasteiger partial charge in [0.15, 0.2) is 0 Å². The van der Waals surface area contributed by atoms with Crippen molar-refractivity contribution < 1.29 is 22.4 Å². The summed E-state index contributed by atoms with van der Waals surface area (Å²) in [5.41, 5.74) is 1.18. The first kappa shape index (κ1) is 22.9. The lowest BCUT2D eigenvalue weighted by molar-refractivity contribution is -0.153. The number of hydrogen-bond acceptors (Lipinski definition) is 4. The van der Waals surface area contributed by atoms with Gasteiger partial charge in [-0.3, -0.25) is 9.59 Å². The van der Waals surface area contributed by atoms with E-state index in [9.17, 15) is 22.4 Å². The quantitative estimate of drug-likeness (QED) is 0.732. The zero-order valence-electron chi connectivity index (χ0n) is 17.8. The summed E-state index contributed by atoms with van der Waals surface area (Å²) in [7, 11) is -3.68. The third kappa shape index (κ3) is 5.29. The van der Waals surface area contributed by atoms with Crippen molar-refractivity contribution in [2.45, 2.75) is 32.5 Å². The number of aryl methyl sites for hydroxylation is 1. The summed E-state index contributed by atoms with van der Waals surface area (Å²) in [6.07, 6.45) is 1.01. The number of benzene rings is 2. The van der Waals surface area contributed by atoms with Gasteiger partial charge in [-0.15, -0.1) is 0 Å². The van der Waals surface area contributed by atoms with E-state index in [-0.39, 0.29) is 26.2 Å². The fourth-order valence-corrected chi connectivity index (χ4v) is 4.37. The van der Waals surface area contributed by atoms with Gasteiger partial charge < -0.3 is 10.2 Å². The normalized spacial score (nSPS) is 20.0. The highest BCUT2D eigenvalue weighted by Crippen LogP contribution is 2.27. The Bertz CT molecular complexity index is 1070. The third-order valence-corrected chi connectivity index (χ3v) is 6.67. The largest absolute Gasteiger partial charge is 0.350 e. The van der Waals surface area contributed by atoms with E-state index in [1.807, 2.05) is 31.2 Å². The van der Waals surface area contributed by atoms with Crippen LogP contribution in [0, 0.1) is 12.7 Å². The molecule has 1 atom stereocenters. The summed E-state index contributed by atoms with van der Waals surface area (Å²) in [6.45, 7) is 3.30. The number of rotatable bonds is 6. The van der Waals surface area contributed by atoms with Crippen LogP contribution in [0.1, 0.15) is 23.6 Å². The summed E-state index contributed by atoms with van der Waals surface area (Å²) in [4.78, 5) is 27.5. The van der Waals surface area contributed by atoms with E-state index in [1.54, 1.807) is 6.92 Å². The minimum atomic E-state index is -3.68. The fourth-order valence-electron chi connectivity index (χ4n) is 3.54. The molecule has 1 saturated heterocycles. The Labute approximate surface area is 181 Å². The van der Waals surface area contributed by atoms with E-state index in [4.69, 9.17) is 0 Å². The summed E-state index contributed by atoms with van der Waals surface area (Å²) < 4.78 is 38.6. The van der Waals surface area contributed by atoms with Gasteiger partial charge in [0, 0.05) is 19.6 Å². The molecule has 166 valence electrons. The topological polar surface area (TPSA) is 86.8 Å². The number of carbonyl (C=O) groups is 2. The monoisotopic (exact) mass is 447 g/mol. The maximum atomic E-state index is 13.3. The highest BCUT2D eigenvalue weighted by Gasteiger charge is 2.49. The van der Waals surface area contributed by atoms with Crippen molar-refractivity contribution in [1.29, 1.82) is 0 Å². The molecule has 0 bridgehead atoms. The number of amides is 2. The predicted molar refractivity (Wildman–Crippen MR) is 115 cm³/mol. The van der Waals surface area contributed by atoms with Crippen LogP contribution in [0.3, 0.4) is 0 Å². The molecule has 0 radical (unpaired) electrons. The molecule has 2 aromatic rings. The molecule has 1 fully saturated rings. The van der Waals surface area contributed by atoms with Gasteiger partial charge in [-0.2, -0.15) is 4.31 Å². The summed E-state index contributed by atoms with van der Waals surface area (Å²) >= 11 is 0. The molecule has 31 heavy (non-hydrogen) atoms. The molecule has 2 aromatic carbocycles. The smallest absolute Gasteiger partial charge is 0.247 e. The van der Waals surface area contributed by atoms with Crippen molar-refractivity contribution in [3.8, 4) is 0 Å². The first-order chi connectivity index (χ1) is 14.5. The molecule has 0 saturated carbocycles. The van der Waals surface area contributed by atoms with Crippen LogP contribution in [0.25, 0.3) is 0 Å². The zero-order chi connectivity index (χ0) is 22.8. The van der Waals surface area contributed by atoms with Crippen LogP contribution < -0.4 is 5.32 Å². The molecule has 3 rings (SSSR count). The number of hydrogen-bond donors (Lipinski definition) is 1. The minimum absolute atomic E-state index is 0.0607. The van der Waals surface area contributed by atoms with E-state index >= 15 is 0 Å². The maximum Gasteiger partial charge on any atom is 0.247 e. The second-order valence-corrected chi connectivity index (χ2v) is 10.1. The van der Waals surface area contributed by atoms with Gasteiger partial charge in [0.25, 0.3) is 0 Å². The highest BCUT2D eigenvalue weighted by molar-refractivity contribution is 7.88. The van der Waals surface area contributed by atoms with Gasteiger partial charge in [0.2, 0.25) is 21.8 Å². The Morgan fingerprint density at radius 2 is 1.68 bits per heavy atom. The Morgan fingerprint density at radius 1 is 1.10 bits per heavy atom. The van der Waals surface area contributed by atoms with Crippen LogP contribution in [-0.2, 0) is 32.7 Å². The molecule has 9 heteroatoms. The van der Waals surface area contributed by atoms with Gasteiger partial charge in [0.05, 0.1) is 12.8 Å². The lowest BCUT2D eigenvalue weighted by Crippen LogP contribution is -2.69. The van der Waals surface area contributed by atoms with E-state index in [2.05, 4.69) is 5.32 Å². The SMILES string of the molecule is Cc1ccc(CNC(=O)C2(C)CN(S(C)(=O)=O)CC(=O)N2Cc2ccc(F)cc2)cc1. The van der Waals surface area contributed by atoms with Gasteiger partial charge in [-0.05, 0) is 37.1 Å². The Kier molecular flexibility index (Phi) is 6.47. The van der Waals surface area contributed by atoms with E-state index in [0.29, 0.717) is 5.56 Å². The third-order valence-electron chi connectivity index (χ3n) is 5.48. The van der Waals surface area contributed by atoms with Crippen LogP contribution in [0.2, 0.25) is 0 Å². The first-order valence-electron chi connectivity index (χ1n) is 9.83. The van der Waals surface area contributed by atoms with Crippen LogP contribution >= 0.6 is 0 Å². The van der Waals surface area contributed by atoms with Gasteiger partial charge in [-0.1, -0.05) is 42.0 Å². The van der Waals surface area contributed by atoms with Crippen LogP contribution in [0.4, 0.5) is 4.39 Å². The standard InChI is InChI=1S/C22H26FN3O4S/c1-16-4-6-17(7-5-16)12-24-21(28)22(2)15-25(31(3,29)30)14-20(27)26(22)13-18-8-10-19(23)11-9-18/h4-11H,12-15H2,1-3H3,(H,24,28). The van der Waals surface area contributed by atoms with Crippen molar-refractivity contribution in [3.05, 3.63) is 71.0 Å². The number of nitrogens with one attached hydrogen (secondary N) is 1. The second-order valence-electron chi connectivity index (χ2n) is 8.08. The molecular weight excluding hydrogens is 421 g/mol. The van der Waals surface area contributed by atoms with Crippen molar-refractivity contribution >= 4 is 21.8 Å². The number of nitrogens with zero attached hydrogens (tertiary/aromatic N) is 2. The van der Waals surface area contributed by atoms with E-state index in [1.165, 1.54) is 29.2 Å². The molecule has 1 N–H and O–H groups in total. The lowest BCUT2D eigenvalue weighted by Gasteiger charge is -2.46. The number of halogens is 1. The summed E-state index contributed by atoms with van der Waals surface area (Å²) in [6, 6.07) is 13.3. The lowest BCUT2D eigenvalue weighted by atomic mass is 9.94.